The van der Waals surface area contributed by atoms with Crippen molar-refractivity contribution in [1.29, 1.82) is 0 Å². The van der Waals surface area contributed by atoms with Gasteiger partial charge >= 0.3 is 12.1 Å². The van der Waals surface area contributed by atoms with E-state index in [-0.39, 0.29) is 17.9 Å². The van der Waals surface area contributed by atoms with Crippen LogP contribution in [-0.4, -0.2) is 37.4 Å². The van der Waals surface area contributed by atoms with Gasteiger partial charge < -0.3 is 24.9 Å². The van der Waals surface area contributed by atoms with Crippen molar-refractivity contribution in [1.82, 2.24) is 5.32 Å². The molecule has 3 N–H and O–H groups in total. The van der Waals surface area contributed by atoms with Crippen LogP contribution in [0.4, 0.5) is 10.5 Å². The molecule has 0 saturated carbocycles. The number of amides is 2. The van der Waals surface area contributed by atoms with Crippen LogP contribution in [0.1, 0.15) is 64.4 Å². The third-order valence-corrected chi connectivity index (χ3v) is 12.4. The SMILES string of the molecule is CC(C)[Si](Oc1ccc(C(=O)O)c(NC(=O)[C@@H](C)NC(=O)OCc2ccccc2)c1)(C(C)C)C(C)C. The van der Waals surface area contributed by atoms with Gasteiger partial charge in [0.25, 0.3) is 8.32 Å². The zero-order valence-corrected chi connectivity index (χ0v) is 23.1. The molecular weight excluding hydrogens is 476 g/mol. The smallest absolute Gasteiger partial charge is 0.408 e. The highest BCUT2D eigenvalue weighted by Crippen LogP contribution is 2.43. The molecule has 2 aromatic carbocycles. The molecule has 8 nitrogen and oxygen atoms in total. The van der Waals surface area contributed by atoms with Gasteiger partial charge in [-0.05, 0) is 41.2 Å². The molecule has 0 radical (unpaired) electrons. The van der Waals surface area contributed by atoms with Gasteiger partial charge in [0.15, 0.2) is 0 Å². The number of carbonyl (C=O) groups is 3. The van der Waals surface area contributed by atoms with Crippen LogP contribution in [0.5, 0.6) is 5.75 Å². The molecule has 36 heavy (non-hydrogen) atoms. The predicted molar refractivity (Wildman–Crippen MR) is 143 cm³/mol. The van der Waals surface area contributed by atoms with Crippen LogP contribution in [0.15, 0.2) is 48.5 Å². The van der Waals surface area contributed by atoms with Gasteiger partial charge in [-0.25, -0.2) is 9.59 Å². The number of hydrogen-bond donors (Lipinski definition) is 3. The van der Waals surface area contributed by atoms with Gasteiger partial charge in [0.05, 0.1) is 11.3 Å². The van der Waals surface area contributed by atoms with E-state index in [9.17, 15) is 19.5 Å². The van der Waals surface area contributed by atoms with E-state index in [4.69, 9.17) is 9.16 Å². The molecule has 2 rings (SSSR count). The van der Waals surface area contributed by atoms with Crippen molar-refractivity contribution in [2.24, 2.45) is 0 Å². The van der Waals surface area contributed by atoms with Crippen molar-refractivity contribution in [3.8, 4) is 5.75 Å². The maximum atomic E-state index is 12.8. The minimum Gasteiger partial charge on any atom is -0.543 e. The summed E-state index contributed by atoms with van der Waals surface area (Å²) < 4.78 is 11.8. The quantitative estimate of drug-likeness (QED) is 0.308. The molecule has 1 atom stereocenters. The molecule has 2 aromatic rings. The van der Waals surface area contributed by atoms with Gasteiger partial charge in [0.2, 0.25) is 5.91 Å². The summed E-state index contributed by atoms with van der Waals surface area (Å²) in [6, 6.07) is 12.8. The van der Waals surface area contributed by atoms with Gasteiger partial charge in [0.1, 0.15) is 18.4 Å². The molecule has 0 saturated heterocycles. The van der Waals surface area contributed by atoms with E-state index in [1.165, 1.54) is 13.0 Å². The number of ether oxygens (including phenoxy) is 1. The summed E-state index contributed by atoms with van der Waals surface area (Å²) in [6.07, 6.45) is -0.751. The summed E-state index contributed by atoms with van der Waals surface area (Å²) >= 11 is 0. The summed E-state index contributed by atoms with van der Waals surface area (Å²) in [6.45, 7) is 14.5. The average Bonchev–Trinajstić information content (AvgIpc) is 2.81. The monoisotopic (exact) mass is 514 g/mol. The Bertz CT molecular complexity index is 1030. The van der Waals surface area contributed by atoms with Gasteiger partial charge in [-0.15, -0.1) is 0 Å². The predicted octanol–water partition coefficient (Wildman–Crippen LogP) is 6.19. The summed E-state index contributed by atoms with van der Waals surface area (Å²) in [4.78, 5) is 36.8. The van der Waals surface area contributed by atoms with Crippen molar-refractivity contribution < 1.29 is 28.7 Å². The highest BCUT2D eigenvalue weighted by atomic mass is 28.4. The Kier molecular flexibility index (Phi) is 10.1. The molecule has 0 aliphatic heterocycles. The molecule has 196 valence electrons. The number of rotatable bonds is 11. The van der Waals surface area contributed by atoms with Crippen molar-refractivity contribution in [2.45, 2.75) is 77.7 Å². The summed E-state index contributed by atoms with van der Waals surface area (Å²) in [7, 11) is -2.29. The van der Waals surface area contributed by atoms with Gasteiger partial charge in [-0.1, -0.05) is 71.9 Å². The number of carboxylic acids is 1. The van der Waals surface area contributed by atoms with Crippen LogP contribution >= 0.6 is 0 Å². The Hall–Kier alpha value is -3.33. The molecule has 0 fully saturated rings. The van der Waals surface area contributed by atoms with Crippen LogP contribution in [0.25, 0.3) is 0 Å². The van der Waals surface area contributed by atoms with Crippen LogP contribution in [0.2, 0.25) is 16.6 Å². The standard InChI is InChI=1S/C27H38N2O6Si/c1-17(2)36(18(3)4,19(5)6)35-22-13-14-23(26(31)32)24(15-22)29-25(30)20(7)28-27(33)34-16-21-11-9-8-10-12-21/h8-15,17-20H,16H2,1-7H3,(H,28,33)(H,29,30)(H,31,32)/t20-/m1/s1. The fourth-order valence-corrected chi connectivity index (χ4v) is 9.92. The van der Waals surface area contributed by atoms with Crippen LogP contribution in [0.3, 0.4) is 0 Å². The first-order valence-corrected chi connectivity index (χ1v) is 14.4. The number of alkyl carbamates (subject to hydrolysis) is 1. The highest BCUT2D eigenvalue weighted by Gasteiger charge is 2.47. The van der Waals surface area contributed by atoms with Crippen LogP contribution < -0.4 is 15.1 Å². The number of carboxylic acid groups (broad SMARTS) is 1. The average molecular weight is 515 g/mol. The molecule has 0 spiro atoms. The van der Waals surface area contributed by atoms with E-state index >= 15 is 0 Å². The zero-order valence-electron chi connectivity index (χ0n) is 22.1. The number of nitrogens with one attached hydrogen (secondary N) is 2. The molecule has 0 aliphatic rings. The molecule has 0 unspecified atom stereocenters. The largest absolute Gasteiger partial charge is 0.543 e. The first-order valence-electron chi connectivity index (χ1n) is 12.2. The Morgan fingerprint density at radius 1 is 0.889 bits per heavy atom. The fourth-order valence-electron chi connectivity index (χ4n) is 4.68. The Morgan fingerprint density at radius 2 is 1.47 bits per heavy atom. The van der Waals surface area contributed by atoms with Crippen molar-refractivity contribution in [3.05, 3.63) is 59.7 Å². The van der Waals surface area contributed by atoms with E-state index < -0.39 is 32.3 Å². The lowest BCUT2D eigenvalue weighted by Gasteiger charge is -2.42. The second-order valence-electron chi connectivity index (χ2n) is 9.85. The van der Waals surface area contributed by atoms with E-state index in [0.717, 1.165) is 5.56 Å². The summed E-state index contributed by atoms with van der Waals surface area (Å²) in [5.41, 5.74) is 1.81. The van der Waals surface area contributed by atoms with Crippen LogP contribution in [-0.2, 0) is 16.1 Å². The number of carbonyl (C=O) groups excluding carboxylic acids is 2. The van der Waals surface area contributed by atoms with E-state index in [1.54, 1.807) is 12.1 Å². The first-order chi connectivity index (χ1) is 16.9. The number of anilines is 1. The van der Waals surface area contributed by atoms with Crippen molar-refractivity contribution in [3.63, 3.8) is 0 Å². The molecular formula is C27H38N2O6Si. The second-order valence-corrected chi connectivity index (χ2v) is 15.2. The number of benzene rings is 2. The van der Waals surface area contributed by atoms with E-state index in [0.29, 0.717) is 22.4 Å². The minimum atomic E-state index is -2.29. The normalized spacial score (nSPS) is 12.4. The maximum Gasteiger partial charge on any atom is 0.408 e. The lowest BCUT2D eigenvalue weighted by molar-refractivity contribution is -0.117. The Morgan fingerprint density at radius 3 is 2.00 bits per heavy atom. The van der Waals surface area contributed by atoms with Gasteiger partial charge in [-0.2, -0.15) is 0 Å². The Labute approximate surface area is 214 Å². The Balaban J connectivity index is 2.17. The molecule has 0 aromatic heterocycles. The van der Waals surface area contributed by atoms with Crippen molar-refractivity contribution in [2.75, 3.05) is 5.32 Å². The molecule has 0 heterocycles. The zero-order chi connectivity index (χ0) is 27.0. The second kappa shape index (κ2) is 12.6. The molecule has 2 amide bonds. The minimum absolute atomic E-state index is 0.0662. The van der Waals surface area contributed by atoms with Crippen molar-refractivity contribution >= 4 is 32.0 Å². The van der Waals surface area contributed by atoms with Gasteiger partial charge in [-0.3, -0.25) is 4.79 Å². The third kappa shape index (κ3) is 7.10. The van der Waals surface area contributed by atoms with E-state index in [1.807, 2.05) is 30.3 Å². The number of aromatic carboxylic acids is 1. The topological polar surface area (TPSA) is 114 Å². The summed E-state index contributed by atoms with van der Waals surface area (Å²) in [5, 5.41) is 14.8. The third-order valence-electron chi connectivity index (χ3n) is 6.42. The molecule has 0 aliphatic carbocycles. The highest BCUT2D eigenvalue weighted by molar-refractivity contribution is 6.78. The lowest BCUT2D eigenvalue weighted by atomic mass is 10.1. The fraction of sp³-hybridized carbons (Fsp3) is 0.444. The lowest BCUT2D eigenvalue weighted by Crippen LogP contribution is -2.50. The number of hydrogen-bond acceptors (Lipinski definition) is 5. The maximum absolute atomic E-state index is 12.8. The van der Waals surface area contributed by atoms with Crippen LogP contribution in [0, 0.1) is 0 Å². The van der Waals surface area contributed by atoms with E-state index in [2.05, 4.69) is 52.2 Å². The van der Waals surface area contributed by atoms with Gasteiger partial charge in [0, 0.05) is 6.07 Å². The summed E-state index contributed by atoms with van der Waals surface area (Å²) in [5.74, 6) is -1.24. The first kappa shape index (κ1) is 28.9. The molecule has 0 bridgehead atoms. The molecule has 9 heteroatoms.